The fourth-order valence-corrected chi connectivity index (χ4v) is 4.41. The van der Waals surface area contributed by atoms with E-state index in [1.807, 2.05) is 30.3 Å². The smallest absolute Gasteiger partial charge is 0.295 e. The molecule has 0 saturated carbocycles. The SMILES string of the molecule is O=C(C(=O)N1CCN(c2nccc3ccccc23)CC1)c1c[nH]c2c(Br)ncc(F)c12. The zero-order valence-corrected chi connectivity index (χ0v) is 17.9. The Balaban J connectivity index is 1.35. The number of carbonyl (C=O) groups excluding carboxylic acids is 2. The third kappa shape index (κ3) is 3.34. The average Bonchev–Trinajstić information content (AvgIpc) is 3.27. The number of amides is 1. The van der Waals surface area contributed by atoms with Gasteiger partial charge in [-0.15, -0.1) is 0 Å². The molecular formula is C22H17BrFN5O2. The van der Waals surface area contributed by atoms with E-state index in [0.29, 0.717) is 36.3 Å². The van der Waals surface area contributed by atoms with Gasteiger partial charge in [0.15, 0.2) is 5.82 Å². The maximum absolute atomic E-state index is 14.3. The Kier molecular flexibility index (Phi) is 4.90. The molecule has 156 valence electrons. The second-order valence-electron chi connectivity index (χ2n) is 7.31. The molecule has 5 rings (SSSR count). The molecule has 4 aromatic rings. The van der Waals surface area contributed by atoms with Crippen molar-refractivity contribution in [2.75, 3.05) is 31.1 Å². The molecule has 0 spiro atoms. The number of H-pyrrole nitrogens is 1. The van der Waals surface area contributed by atoms with E-state index in [4.69, 9.17) is 0 Å². The Bertz CT molecular complexity index is 1320. The molecule has 0 bridgehead atoms. The minimum absolute atomic E-state index is 0.0127. The van der Waals surface area contributed by atoms with Gasteiger partial charge in [0.1, 0.15) is 10.4 Å². The number of benzene rings is 1. The molecule has 4 heterocycles. The second-order valence-corrected chi connectivity index (χ2v) is 8.06. The van der Waals surface area contributed by atoms with Gasteiger partial charge in [-0.25, -0.2) is 14.4 Å². The predicted octanol–water partition coefficient (Wildman–Crippen LogP) is 3.54. The van der Waals surface area contributed by atoms with Crippen LogP contribution < -0.4 is 4.90 Å². The van der Waals surface area contributed by atoms with E-state index in [1.165, 1.54) is 11.1 Å². The van der Waals surface area contributed by atoms with Crippen LogP contribution in [0.15, 0.2) is 53.5 Å². The first-order valence-corrected chi connectivity index (χ1v) is 10.6. The molecule has 1 N–H and O–H groups in total. The Labute approximate surface area is 185 Å². The predicted molar refractivity (Wildman–Crippen MR) is 119 cm³/mol. The lowest BCUT2D eigenvalue weighted by molar-refractivity contribution is -0.126. The third-order valence-corrected chi connectivity index (χ3v) is 6.18. The van der Waals surface area contributed by atoms with Gasteiger partial charge in [-0.05, 0) is 27.4 Å². The minimum atomic E-state index is -0.736. The number of pyridine rings is 2. The van der Waals surface area contributed by atoms with Crippen LogP contribution in [0.3, 0.4) is 0 Å². The van der Waals surface area contributed by atoms with E-state index in [2.05, 4.69) is 35.8 Å². The highest BCUT2D eigenvalue weighted by molar-refractivity contribution is 9.10. The summed E-state index contributed by atoms with van der Waals surface area (Å²) in [5.41, 5.74) is 0.363. The number of piperazine rings is 1. The first-order chi connectivity index (χ1) is 15.0. The molecule has 1 saturated heterocycles. The number of halogens is 2. The van der Waals surface area contributed by atoms with Crippen molar-refractivity contribution in [2.24, 2.45) is 0 Å². The molecule has 7 nitrogen and oxygen atoms in total. The number of aromatic nitrogens is 3. The molecule has 1 aromatic carbocycles. The summed E-state index contributed by atoms with van der Waals surface area (Å²) in [6.45, 7) is 1.87. The van der Waals surface area contributed by atoms with Crippen LogP contribution >= 0.6 is 15.9 Å². The number of hydrogen-bond donors (Lipinski definition) is 1. The Morgan fingerprint density at radius 3 is 2.65 bits per heavy atom. The molecular weight excluding hydrogens is 465 g/mol. The largest absolute Gasteiger partial charge is 0.358 e. The molecule has 1 aliphatic rings. The maximum atomic E-state index is 14.3. The van der Waals surface area contributed by atoms with Gasteiger partial charge in [-0.3, -0.25) is 9.59 Å². The van der Waals surface area contributed by atoms with Crippen LogP contribution in [-0.4, -0.2) is 57.7 Å². The maximum Gasteiger partial charge on any atom is 0.295 e. The van der Waals surface area contributed by atoms with Crippen molar-refractivity contribution >= 4 is 55.1 Å². The van der Waals surface area contributed by atoms with Crippen LogP contribution in [0.25, 0.3) is 21.7 Å². The lowest BCUT2D eigenvalue weighted by Crippen LogP contribution is -2.50. The first-order valence-electron chi connectivity index (χ1n) is 9.78. The van der Waals surface area contributed by atoms with E-state index < -0.39 is 17.5 Å². The summed E-state index contributed by atoms with van der Waals surface area (Å²) in [6, 6.07) is 9.98. The summed E-state index contributed by atoms with van der Waals surface area (Å²) in [5.74, 6) is -1.16. The number of nitrogens with zero attached hydrogens (tertiary/aromatic N) is 4. The molecule has 0 atom stereocenters. The van der Waals surface area contributed by atoms with Crippen molar-refractivity contribution in [2.45, 2.75) is 0 Å². The number of anilines is 1. The van der Waals surface area contributed by atoms with Gasteiger partial charge >= 0.3 is 0 Å². The van der Waals surface area contributed by atoms with Crippen molar-refractivity contribution in [3.63, 3.8) is 0 Å². The van der Waals surface area contributed by atoms with E-state index in [9.17, 15) is 14.0 Å². The molecule has 0 aliphatic carbocycles. The molecule has 1 amide bonds. The van der Waals surface area contributed by atoms with Gasteiger partial charge in [-0.2, -0.15) is 0 Å². The number of fused-ring (bicyclic) bond motifs is 2. The van der Waals surface area contributed by atoms with E-state index in [-0.39, 0.29) is 10.9 Å². The number of carbonyl (C=O) groups is 2. The molecule has 9 heteroatoms. The lowest BCUT2D eigenvalue weighted by Gasteiger charge is -2.35. The van der Waals surface area contributed by atoms with Crippen LogP contribution in [-0.2, 0) is 4.79 Å². The van der Waals surface area contributed by atoms with Crippen molar-refractivity contribution in [1.82, 2.24) is 19.9 Å². The summed E-state index contributed by atoms with van der Waals surface area (Å²) in [4.78, 5) is 40.6. The Morgan fingerprint density at radius 2 is 1.84 bits per heavy atom. The van der Waals surface area contributed by atoms with Crippen molar-refractivity contribution < 1.29 is 14.0 Å². The Morgan fingerprint density at radius 1 is 1.06 bits per heavy atom. The summed E-state index contributed by atoms with van der Waals surface area (Å²) in [6.07, 6.45) is 4.16. The van der Waals surface area contributed by atoms with Crippen LogP contribution in [0.5, 0.6) is 0 Å². The standard InChI is InChI=1S/C22H17BrFN5O2/c23-20-18-17(16(24)12-27-20)15(11-26-18)19(30)22(31)29-9-7-28(8-10-29)21-14-4-2-1-3-13(14)5-6-25-21/h1-6,11-12,26H,7-10H2. The van der Waals surface area contributed by atoms with Crippen molar-refractivity contribution in [3.05, 3.63) is 64.9 Å². The van der Waals surface area contributed by atoms with E-state index in [0.717, 1.165) is 22.8 Å². The number of ketones is 1. The van der Waals surface area contributed by atoms with Gasteiger partial charge in [0.05, 0.1) is 22.7 Å². The monoisotopic (exact) mass is 481 g/mol. The number of hydrogen-bond acceptors (Lipinski definition) is 5. The van der Waals surface area contributed by atoms with Gasteiger partial charge in [0, 0.05) is 44.0 Å². The summed E-state index contributed by atoms with van der Waals surface area (Å²) in [7, 11) is 0. The average molecular weight is 482 g/mol. The fourth-order valence-electron chi connectivity index (χ4n) is 3.99. The molecule has 31 heavy (non-hydrogen) atoms. The van der Waals surface area contributed by atoms with Gasteiger partial charge in [0.25, 0.3) is 11.7 Å². The number of rotatable bonds is 3. The van der Waals surface area contributed by atoms with Gasteiger partial charge in [-0.1, -0.05) is 24.3 Å². The molecule has 1 fully saturated rings. The van der Waals surface area contributed by atoms with Crippen molar-refractivity contribution in [1.29, 1.82) is 0 Å². The fraction of sp³-hybridized carbons (Fsp3) is 0.182. The summed E-state index contributed by atoms with van der Waals surface area (Å²) < 4.78 is 14.7. The molecule has 0 radical (unpaired) electrons. The van der Waals surface area contributed by atoms with Crippen molar-refractivity contribution in [3.8, 4) is 0 Å². The second kappa shape index (κ2) is 7.73. The van der Waals surface area contributed by atoms with Crippen LogP contribution in [0, 0.1) is 5.82 Å². The highest BCUT2D eigenvalue weighted by atomic mass is 79.9. The zero-order chi connectivity index (χ0) is 21.5. The van der Waals surface area contributed by atoms with Crippen LogP contribution in [0.2, 0.25) is 0 Å². The van der Waals surface area contributed by atoms with E-state index in [1.54, 1.807) is 6.20 Å². The number of aromatic amines is 1. The quantitative estimate of drug-likeness (QED) is 0.275. The number of nitrogens with one attached hydrogen (secondary N) is 1. The van der Waals surface area contributed by atoms with Crippen LogP contribution in [0.1, 0.15) is 10.4 Å². The van der Waals surface area contributed by atoms with Gasteiger partial charge < -0.3 is 14.8 Å². The normalized spacial score (nSPS) is 14.4. The summed E-state index contributed by atoms with van der Waals surface area (Å²) >= 11 is 3.23. The molecule has 1 aliphatic heterocycles. The van der Waals surface area contributed by atoms with Crippen LogP contribution in [0.4, 0.5) is 10.2 Å². The summed E-state index contributed by atoms with van der Waals surface area (Å²) in [5, 5.41) is 2.22. The van der Waals surface area contributed by atoms with Gasteiger partial charge in [0.2, 0.25) is 0 Å². The first kappa shape index (κ1) is 19.6. The minimum Gasteiger partial charge on any atom is -0.358 e. The zero-order valence-electron chi connectivity index (χ0n) is 16.3. The topological polar surface area (TPSA) is 82.2 Å². The molecule has 0 unspecified atom stereocenters. The molecule has 3 aromatic heterocycles. The third-order valence-electron chi connectivity index (χ3n) is 5.57. The van der Waals surface area contributed by atoms with E-state index >= 15 is 0 Å². The lowest BCUT2D eigenvalue weighted by atomic mass is 10.1. The highest BCUT2D eigenvalue weighted by Gasteiger charge is 2.30. The highest BCUT2D eigenvalue weighted by Crippen LogP contribution is 2.28. The number of Topliss-reactive ketones (excluding diaryl/α,β-unsaturated/α-hetero) is 1. The Hall–Kier alpha value is -3.33.